The zero-order valence-corrected chi connectivity index (χ0v) is 29.5. The van der Waals surface area contributed by atoms with Gasteiger partial charge in [0.2, 0.25) is 5.43 Å². The fourth-order valence-corrected chi connectivity index (χ4v) is 6.66. The highest BCUT2D eigenvalue weighted by Gasteiger charge is 2.66. The van der Waals surface area contributed by atoms with Crippen molar-refractivity contribution in [3.05, 3.63) is 135 Å². The van der Waals surface area contributed by atoms with Gasteiger partial charge < -0.3 is 33.5 Å². The molecule has 2 unspecified atom stereocenters. The van der Waals surface area contributed by atoms with Gasteiger partial charge in [-0.15, -0.1) is 0 Å². The minimum absolute atomic E-state index is 0.0948. The Morgan fingerprint density at radius 1 is 0.882 bits per heavy atom. The number of aromatic nitrogens is 1. The van der Waals surface area contributed by atoms with Crippen LogP contribution in [0.1, 0.15) is 77.1 Å². The first-order valence-electron chi connectivity index (χ1n) is 16.8. The predicted molar refractivity (Wildman–Crippen MR) is 190 cm³/mol. The number of amides is 1. The second kappa shape index (κ2) is 15.6. The monoisotopic (exact) mass is 696 g/mol. The molecule has 1 heterocycles. The molecule has 11 nitrogen and oxygen atoms in total. The number of esters is 2. The number of rotatable bonds is 13. The van der Waals surface area contributed by atoms with Gasteiger partial charge in [0.15, 0.2) is 11.4 Å². The zero-order chi connectivity index (χ0) is 36.8. The molecule has 268 valence electrons. The molecule has 2 atom stereocenters. The predicted octanol–water partition coefficient (Wildman–Crippen LogP) is 5.92. The van der Waals surface area contributed by atoms with Crippen LogP contribution in [0.4, 0.5) is 4.79 Å². The summed E-state index contributed by atoms with van der Waals surface area (Å²) in [4.78, 5) is 57.0. The number of aliphatic hydroxyl groups excluding tert-OH is 1. The van der Waals surface area contributed by atoms with Gasteiger partial charge in [0.1, 0.15) is 17.8 Å². The Bertz CT molecular complexity index is 1850. The summed E-state index contributed by atoms with van der Waals surface area (Å²) in [6, 6.07) is 27.6. The molecule has 0 spiro atoms. The maximum absolute atomic E-state index is 14.1. The summed E-state index contributed by atoms with van der Waals surface area (Å²) in [6.07, 6.45) is 1.21. The normalized spacial score (nSPS) is 16.6. The lowest BCUT2D eigenvalue weighted by molar-refractivity contribution is 0.0192. The molecule has 1 aliphatic carbocycles. The van der Waals surface area contributed by atoms with Gasteiger partial charge in [-0.3, -0.25) is 4.79 Å². The molecule has 1 saturated carbocycles. The summed E-state index contributed by atoms with van der Waals surface area (Å²) in [5.41, 5.74) is -1.09. The lowest BCUT2D eigenvalue weighted by Crippen LogP contribution is -2.45. The van der Waals surface area contributed by atoms with Gasteiger partial charge in [0, 0.05) is 25.3 Å². The average Bonchev–Trinajstić information content (AvgIpc) is 3.86. The molecule has 3 aromatic carbocycles. The van der Waals surface area contributed by atoms with Crippen molar-refractivity contribution >= 4 is 18.0 Å². The SMILES string of the molecule is COC(=O)c1cn(C2(C(c3ccccc3)c3ccccc3)CC2N(CCCO)C(=O)OC(C)(C)C)c(C(=O)OC)c(OCc2ccccc2)c1=O. The number of methoxy groups -OCH3 is 2. The van der Waals surface area contributed by atoms with Crippen molar-refractivity contribution in [2.75, 3.05) is 27.4 Å². The van der Waals surface area contributed by atoms with E-state index in [0.717, 1.165) is 18.2 Å². The summed E-state index contributed by atoms with van der Waals surface area (Å²) in [6.45, 7) is 5.15. The molecule has 1 N–H and O–H groups in total. The molecule has 51 heavy (non-hydrogen) atoms. The Kier molecular flexibility index (Phi) is 11.3. The summed E-state index contributed by atoms with van der Waals surface area (Å²) < 4.78 is 24.0. The van der Waals surface area contributed by atoms with Crippen LogP contribution in [0.3, 0.4) is 0 Å². The van der Waals surface area contributed by atoms with Gasteiger partial charge in [-0.25, -0.2) is 14.4 Å². The highest BCUT2D eigenvalue weighted by molar-refractivity contribution is 5.94. The summed E-state index contributed by atoms with van der Waals surface area (Å²) in [5, 5.41) is 9.89. The van der Waals surface area contributed by atoms with Crippen molar-refractivity contribution in [3.8, 4) is 5.75 Å². The van der Waals surface area contributed by atoms with Crippen molar-refractivity contribution < 1.29 is 38.4 Å². The number of carbonyl (C=O) groups is 3. The van der Waals surface area contributed by atoms with Gasteiger partial charge in [-0.1, -0.05) is 91.0 Å². The second-order valence-corrected chi connectivity index (χ2v) is 13.4. The van der Waals surface area contributed by atoms with E-state index in [1.807, 2.05) is 78.9 Å². The minimum Gasteiger partial charge on any atom is -0.482 e. The summed E-state index contributed by atoms with van der Waals surface area (Å²) in [7, 11) is 2.36. The third-order valence-corrected chi connectivity index (χ3v) is 8.89. The number of ether oxygens (including phenoxy) is 4. The third kappa shape index (κ3) is 7.83. The van der Waals surface area contributed by atoms with E-state index in [2.05, 4.69) is 0 Å². The topological polar surface area (TPSA) is 134 Å². The third-order valence-electron chi connectivity index (χ3n) is 8.89. The zero-order valence-electron chi connectivity index (χ0n) is 29.5. The molecule has 5 rings (SSSR count). The summed E-state index contributed by atoms with van der Waals surface area (Å²) >= 11 is 0. The van der Waals surface area contributed by atoms with Crippen LogP contribution in [-0.4, -0.2) is 71.6 Å². The molecule has 4 aromatic rings. The van der Waals surface area contributed by atoms with Gasteiger partial charge in [-0.2, -0.15) is 0 Å². The summed E-state index contributed by atoms with van der Waals surface area (Å²) in [5.74, 6) is -2.75. The van der Waals surface area contributed by atoms with E-state index in [1.54, 1.807) is 42.4 Å². The number of nitrogens with zero attached hydrogens (tertiary/aromatic N) is 2. The minimum atomic E-state index is -1.22. The van der Waals surface area contributed by atoms with E-state index in [0.29, 0.717) is 5.56 Å². The van der Waals surface area contributed by atoms with Crippen LogP contribution in [-0.2, 0) is 26.4 Å². The Morgan fingerprint density at radius 2 is 1.43 bits per heavy atom. The molecule has 1 aromatic heterocycles. The van der Waals surface area contributed by atoms with E-state index in [-0.39, 0.29) is 43.9 Å². The Balaban J connectivity index is 1.86. The van der Waals surface area contributed by atoms with Gasteiger partial charge >= 0.3 is 18.0 Å². The second-order valence-electron chi connectivity index (χ2n) is 13.4. The molecular formula is C40H44N2O9. The van der Waals surface area contributed by atoms with E-state index in [1.165, 1.54) is 13.3 Å². The largest absolute Gasteiger partial charge is 0.482 e. The van der Waals surface area contributed by atoms with Crippen LogP contribution in [0.25, 0.3) is 0 Å². The number of hydrogen-bond donors (Lipinski definition) is 1. The number of carbonyl (C=O) groups excluding carboxylic acids is 3. The number of pyridine rings is 1. The maximum Gasteiger partial charge on any atom is 0.410 e. The van der Waals surface area contributed by atoms with Crippen molar-refractivity contribution in [1.29, 1.82) is 0 Å². The Labute approximate surface area is 297 Å². The number of benzene rings is 3. The standard InChI is InChI=1S/C40H44N2O9/c1-39(2,3)51-38(47)41(22-15-23-43)31-24-40(31,32(28-18-11-7-12-19-28)29-20-13-8-14-21-29)42-25-30(36(45)48-4)34(44)35(33(42)37(46)49-5)50-26-27-16-9-6-10-17-27/h6-14,16-21,25,31-32,43H,15,22-24,26H2,1-5H3. The Hall–Kier alpha value is -5.42. The fraction of sp³-hybridized carbons (Fsp3) is 0.350. The van der Waals surface area contributed by atoms with Crippen LogP contribution < -0.4 is 10.2 Å². The highest BCUT2D eigenvalue weighted by atomic mass is 16.6. The van der Waals surface area contributed by atoms with E-state index in [4.69, 9.17) is 18.9 Å². The molecule has 11 heteroatoms. The van der Waals surface area contributed by atoms with Crippen LogP contribution in [0.2, 0.25) is 0 Å². The van der Waals surface area contributed by atoms with E-state index >= 15 is 0 Å². The first kappa shape index (κ1) is 36.9. The molecule has 1 amide bonds. The molecule has 0 radical (unpaired) electrons. The lowest BCUT2D eigenvalue weighted by Gasteiger charge is -2.37. The van der Waals surface area contributed by atoms with Crippen molar-refractivity contribution in [3.63, 3.8) is 0 Å². The van der Waals surface area contributed by atoms with Crippen LogP contribution >= 0.6 is 0 Å². The van der Waals surface area contributed by atoms with E-state index < -0.39 is 52.3 Å². The van der Waals surface area contributed by atoms with Crippen molar-refractivity contribution in [2.45, 2.75) is 63.3 Å². The smallest absolute Gasteiger partial charge is 0.410 e. The van der Waals surface area contributed by atoms with Crippen molar-refractivity contribution in [2.24, 2.45) is 0 Å². The Morgan fingerprint density at radius 3 is 1.94 bits per heavy atom. The number of aliphatic hydroxyl groups is 1. The van der Waals surface area contributed by atoms with Crippen molar-refractivity contribution in [1.82, 2.24) is 9.47 Å². The van der Waals surface area contributed by atoms with Crippen LogP contribution in [0, 0.1) is 0 Å². The fourth-order valence-electron chi connectivity index (χ4n) is 6.66. The molecule has 1 fully saturated rings. The first-order chi connectivity index (χ1) is 24.5. The average molecular weight is 697 g/mol. The molecule has 0 aliphatic heterocycles. The number of hydrogen-bond acceptors (Lipinski definition) is 9. The maximum atomic E-state index is 14.1. The molecule has 0 bridgehead atoms. The highest BCUT2D eigenvalue weighted by Crippen LogP contribution is 2.60. The van der Waals surface area contributed by atoms with Crippen LogP contribution in [0.5, 0.6) is 5.75 Å². The molecular weight excluding hydrogens is 652 g/mol. The molecule has 0 saturated heterocycles. The van der Waals surface area contributed by atoms with Gasteiger partial charge in [-0.05, 0) is 50.3 Å². The quantitative estimate of drug-likeness (QED) is 0.134. The van der Waals surface area contributed by atoms with E-state index in [9.17, 15) is 24.3 Å². The van der Waals surface area contributed by atoms with Gasteiger partial charge in [0.05, 0.1) is 25.8 Å². The lowest BCUT2D eigenvalue weighted by atomic mass is 9.81. The van der Waals surface area contributed by atoms with Crippen LogP contribution in [0.15, 0.2) is 102 Å². The first-order valence-corrected chi connectivity index (χ1v) is 16.8. The van der Waals surface area contributed by atoms with Gasteiger partial charge in [0.25, 0.3) is 0 Å². The molecule has 1 aliphatic rings.